The molecule has 90 valence electrons. The van der Waals surface area contributed by atoms with Crippen molar-refractivity contribution in [1.29, 1.82) is 0 Å². The minimum atomic E-state index is -0.372. The first kappa shape index (κ1) is 13.0. The predicted octanol–water partition coefficient (Wildman–Crippen LogP) is 0.199. The Bertz CT molecular complexity index is 376. The molecule has 4 N–H and O–H groups in total. The van der Waals surface area contributed by atoms with Gasteiger partial charge in [-0.2, -0.15) is 0 Å². The van der Waals surface area contributed by atoms with Crippen LogP contribution in [0.1, 0.15) is 6.42 Å². The van der Waals surface area contributed by atoms with Crippen molar-refractivity contribution in [1.82, 2.24) is 9.97 Å². The number of hydrogen-bond donors (Lipinski definition) is 3. The number of hydrogen-bond acceptors (Lipinski definition) is 5. The van der Waals surface area contributed by atoms with Crippen LogP contribution in [-0.4, -0.2) is 36.3 Å². The summed E-state index contributed by atoms with van der Waals surface area (Å²) >= 11 is 5.80. The van der Waals surface area contributed by atoms with E-state index in [1.165, 1.54) is 6.33 Å². The van der Waals surface area contributed by atoms with Gasteiger partial charge in [0.2, 0.25) is 0 Å². The van der Waals surface area contributed by atoms with E-state index in [9.17, 15) is 4.79 Å². The molecule has 1 atom stereocenters. The Morgan fingerprint density at radius 2 is 2.50 bits per heavy atom. The molecule has 16 heavy (non-hydrogen) atoms. The molecule has 0 fully saturated rings. The number of anilines is 1. The Hall–Kier alpha value is -1.11. The van der Waals surface area contributed by atoms with Gasteiger partial charge in [0, 0.05) is 7.11 Å². The van der Waals surface area contributed by atoms with Gasteiger partial charge in [-0.15, -0.1) is 0 Å². The van der Waals surface area contributed by atoms with E-state index >= 15 is 0 Å². The summed E-state index contributed by atoms with van der Waals surface area (Å²) in [6.45, 7) is 0.990. The first-order chi connectivity index (χ1) is 7.69. The summed E-state index contributed by atoms with van der Waals surface area (Å²) in [5.74, 6) is 0.348. The summed E-state index contributed by atoms with van der Waals surface area (Å²) < 4.78 is 5.02. The van der Waals surface area contributed by atoms with Crippen molar-refractivity contribution >= 4 is 17.4 Å². The Labute approximate surface area is 98.2 Å². The number of methoxy groups -OCH3 is 1. The van der Waals surface area contributed by atoms with Gasteiger partial charge in [0.15, 0.2) is 5.82 Å². The molecule has 1 heterocycles. The second kappa shape index (κ2) is 6.47. The maximum atomic E-state index is 11.2. The summed E-state index contributed by atoms with van der Waals surface area (Å²) in [6.07, 6.45) is 2.00. The van der Waals surface area contributed by atoms with E-state index in [1.54, 1.807) is 7.11 Å². The van der Waals surface area contributed by atoms with Crippen LogP contribution < -0.4 is 16.6 Å². The summed E-state index contributed by atoms with van der Waals surface area (Å²) in [5, 5.41) is 3.06. The third-order valence-corrected chi connectivity index (χ3v) is 2.37. The van der Waals surface area contributed by atoms with Crippen LogP contribution in [0.5, 0.6) is 0 Å². The van der Waals surface area contributed by atoms with Gasteiger partial charge in [-0.1, -0.05) is 11.6 Å². The van der Waals surface area contributed by atoms with Crippen molar-refractivity contribution in [2.45, 2.75) is 12.5 Å². The van der Waals surface area contributed by atoms with E-state index in [0.717, 1.165) is 0 Å². The lowest BCUT2D eigenvalue weighted by Crippen LogP contribution is -2.29. The average Bonchev–Trinajstić information content (AvgIpc) is 2.25. The van der Waals surface area contributed by atoms with Crippen molar-refractivity contribution in [3.63, 3.8) is 0 Å². The first-order valence-electron chi connectivity index (χ1n) is 4.87. The second-order valence-corrected chi connectivity index (χ2v) is 3.65. The molecule has 0 aliphatic carbocycles. The van der Waals surface area contributed by atoms with E-state index in [2.05, 4.69) is 15.3 Å². The van der Waals surface area contributed by atoms with Crippen LogP contribution in [0, 0.1) is 0 Å². The zero-order valence-electron chi connectivity index (χ0n) is 9.00. The van der Waals surface area contributed by atoms with Crippen LogP contribution in [0.15, 0.2) is 11.1 Å². The molecular weight excluding hydrogens is 232 g/mol. The molecule has 6 nitrogen and oxygen atoms in total. The Balaban J connectivity index is 2.76. The van der Waals surface area contributed by atoms with Crippen molar-refractivity contribution in [3.05, 3.63) is 21.7 Å². The topological polar surface area (TPSA) is 93.0 Å². The molecule has 1 unspecified atom stereocenters. The highest BCUT2D eigenvalue weighted by Gasteiger charge is 2.12. The van der Waals surface area contributed by atoms with Gasteiger partial charge in [0.05, 0.1) is 19.0 Å². The molecule has 1 rings (SSSR count). The van der Waals surface area contributed by atoms with Crippen molar-refractivity contribution in [2.24, 2.45) is 5.73 Å². The lowest BCUT2D eigenvalue weighted by atomic mass is 10.2. The molecule has 7 heteroatoms. The summed E-state index contributed by atoms with van der Waals surface area (Å²) in [7, 11) is 1.60. The average molecular weight is 247 g/mol. The van der Waals surface area contributed by atoms with Gasteiger partial charge in [-0.05, 0) is 13.0 Å². The number of aromatic amines is 1. The zero-order valence-corrected chi connectivity index (χ0v) is 9.75. The van der Waals surface area contributed by atoms with Crippen LogP contribution in [0.3, 0.4) is 0 Å². The molecule has 1 aromatic rings. The highest BCUT2D eigenvalue weighted by atomic mass is 35.5. The number of aromatic nitrogens is 2. The minimum Gasteiger partial charge on any atom is -0.383 e. The molecule has 0 radical (unpaired) electrons. The third-order valence-electron chi connectivity index (χ3n) is 2.02. The number of H-pyrrole nitrogens is 1. The van der Waals surface area contributed by atoms with Gasteiger partial charge in [-0.3, -0.25) is 4.79 Å². The predicted molar refractivity (Wildman–Crippen MR) is 62.8 cm³/mol. The molecule has 1 aromatic heterocycles. The minimum absolute atomic E-state index is 0.0122. The number of nitrogens with one attached hydrogen (secondary N) is 2. The molecular formula is C9H15ClN4O2. The monoisotopic (exact) mass is 246 g/mol. The van der Waals surface area contributed by atoms with E-state index in [0.29, 0.717) is 25.4 Å². The summed E-state index contributed by atoms with van der Waals surface area (Å²) in [6, 6.07) is -0.0122. The Morgan fingerprint density at radius 3 is 3.12 bits per heavy atom. The highest BCUT2D eigenvalue weighted by molar-refractivity contribution is 6.32. The van der Waals surface area contributed by atoms with Crippen LogP contribution in [0.2, 0.25) is 5.02 Å². The maximum Gasteiger partial charge on any atom is 0.271 e. The molecule has 0 amide bonds. The normalized spacial score (nSPS) is 12.4. The summed E-state index contributed by atoms with van der Waals surface area (Å²) in [5.41, 5.74) is 5.09. The molecule has 0 saturated carbocycles. The van der Waals surface area contributed by atoms with Crippen molar-refractivity contribution in [3.8, 4) is 0 Å². The number of halogens is 1. The van der Waals surface area contributed by atoms with Gasteiger partial charge in [0.25, 0.3) is 5.56 Å². The lowest BCUT2D eigenvalue weighted by Gasteiger charge is -2.17. The van der Waals surface area contributed by atoms with Crippen LogP contribution in [0.25, 0.3) is 0 Å². The van der Waals surface area contributed by atoms with Crippen molar-refractivity contribution < 1.29 is 4.74 Å². The molecule has 0 aliphatic rings. The molecule has 0 aromatic carbocycles. The zero-order chi connectivity index (χ0) is 12.0. The van der Waals surface area contributed by atoms with Crippen LogP contribution in [-0.2, 0) is 4.74 Å². The van der Waals surface area contributed by atoms with Gasteiger partial charge >= 0.3 is 0 Å². The van der Waals surface area contributed by atoms with E-state index in [1.807, 2.05) is 0 Å². The molecule has 0 aliphatic heterocycles. The Morgan fingerprint density at radius 1 is 1.75 bits per heavy atom. The second-order valence-electron chi connectivity index (χ2n) is 3.27. The fourth-order valence-corrected chi connectivity index (χ4v) is 1.43. The lowest BCUT2D eigenvalue weighted by molar-refractivity contribution is 0.183. The van der Waals surface area contributed by atoms with Gasteiger partial charge in [-0.25, -0.2) is 4.98 Å². The number of rotatable bonds is 6. The fourth-order valence-electron chi connectivity index (χ4n) is 1.28. The number of ether oxygens (including phenoxy) is 1. The first-order valence-corrected chi connectivity index (χ1v) is 5.25. The molecule has 0 spiro atoms. The largest absolute Gasteiger partial charge is 0.383 e. The number of nitrogens with zero attached hydrogens (tertiary/aromatic N) is 1. The van der Waals surface area contributed by atoms with Crippen LogP contribution >= 0.6 is 11.6 Å². The highest BCUT2D eigenvalue weighted by Crippen LogP contribution is 2.14. The third kappa shape index (κ3) is 3.48. The SMILES string of the molecule is COCC(CCN)Nc1nc[nH]c(=O)c1Cl. The van der Waals surface area contributed by atoms with E-state index in [-0.39, 0.29) is 16.6 Å². The summed E-state index contributed by atoms with van der Waals surface area (Å²) in [4.78, 5) is 17.5. The standard InChI is InChI=1S/C9H15ClN4O2/c1-16-4-6(2-3-11)14-8-7(10)9(15)13-5-12-8/h5-6H,2-4,11H2,1H3,(H2,12,13,14,15). The smallest absolute Gasteiger partial charge is 0.271 e. The Kier molecular flexibility index (Phi) is 5.24. The molecule has 0 bridgehead atoms. The molecule has 0 saturated heterocycles. The fraction of sp³-hybridized carbons (Fsp3) is 0.556. The van der Waals surface area contributed by atoms with Gasteiger partial charge < -0.3 is 20.8 Å². The van der Waals surface area contributed by atoms with E-state index < -0.39 is 0 Å². The van der Waals surface area contributed by atoms with E-state index in [4.69, 9.17) is 22.1 Å². The van der Waals surface area contributed by atoms with Crippen molar-refractivity contribution in [2.75, 3.05) is 25.6 Å². The van der Waals surface area contributed by atoms with Gasteiger partial charge in [0.1, 0.15) is 5.02 Å². The maximum absolute atomic E-state index is 11.2. The number of nitrogens with two attached hydrogens (primary N) is 1. The quantitative estimate of drug-likeness (QED) is 0.667. The van der Waals surface area contributed by atoms with Crippen LogP contribution in [0.4, 0.5) is 5.82 Å².